The molecule has 1 amide bonds. The molecule has 1 heterocycles. The molecule has 0 radical (unpaired) electrons. The Hall–Kier alpha value is -3.61. The van der Waals surface area contributed by atoms with Crippen LogP contribution in [-0.2, 0) is 6.54 Å². The maximum atomic E-state index is 12.8. The molecule has 150 valence electrons. The number of hydrogen-bond acceptors (Lipinski definition) is 6. The Kier molecular flexibility index (Phi) is 6.29. The molecule has 29 heavy (non-hydrogen) atoms. The molecular weight excluding hydrogens is 368 g/mol. The van der Waals surface area contributed by atoms with E-state index >= 15 is 0 Å². The third kappa shape index (κ3) is 5.22. The molecule has 0 fully saturated rings. The van der Waals surface area contributed by atoms with E-state index in [-0.39, 0.29) is 11.6 Å². The van der Waals surface area contributed by atoms with Crippen molar-refractivity contribution in [1.29, 1.82) is 0 Å². The van der Waals surface area contributed by atoms with Crippen LogP contribution in [-0.4, -0.2) is 30.1 Å². The fraction of sp³-hybridized carbons (Fsp3) is 0.227. The first-order chi connectivity index (χ1) is 14.0. The summed E-state index contributed by atoms with van der Waals surface area (Å²) in [5.74, 6) is 1.18. The molecule has 0 atom stereocenters. The molecule has 0 saturated carbocycles. The Morgan fingerprint density at radius 1 is 1.00 bits per heavy atom. The second-order valence-corrected chi connectivity index (χ2v) is 6.58. The molecule has 2 aromatic carbocycles. The lowest BCUT2D eigenvalue weighted by molar-refractivity contribution is 0.102. The van der Waals surface area contributed by atoms with Gasteiger partial charge in [-0.05, 0) is 37.6 Å². The second kappa shape index (κ2) is 9.05. The van der Waals surface area contributed by atoms with Crippen LogP contribution in [0, 0.1) is 13.8 Å². The van der Waals surface area contributed by atoms with Crippen molar-refractivity contribution in [2.75, 3.05) is 24.9 Å². The lowest BCUT2D eigenvalue weighted by Crippen LogP contribution is -2.16. The number of nitrogens with zero attached hydrogens (tertiary/aromatic N) is 2. The number of anilines is 2. The van der Waals surface area contributed by atoms with Gasteiger partial charge in [0, 0.05) is 18.3 Å². The normalized spacial score (nSPS) is 10.3. The maximum absolute atomic E-state index is 12.8. The number of hydrogen-bond donors (Lipinski definition) is 2. The summed E-state index contributed by atoms with van der Waals surface area (Å²) >= 11 is 0. The van der Waals surface area contributed by atoms with Crippen molar-refractivity contribution >= 4 is 17.5 Å². The van der Waals surface area contributed by atoms with Crippen LogP contribution >= 0.6 is 0 Å². The topological polar surface area (TPSA) is 85.4 Å². The molecule has 0 bridgehead atoms. The van der Waals surface area contributed by atoms with Crippen molar-refractivity contribution in [2.45, 2.75) is 20.4 Å². The van der Waals surface area contributed by atoms with Crippen molar-refractivity contribution in [3.05, 3.63) is 71.0 Å². The fourth-order valence-corrected chi connectivity index (χ4v) is 2.87. The van der Waals surface area contributed by atoms with E-state index < -0.39 is 0 Å². The first kappa shape index (κ1) is 20.1. The Morgan fingerprint density at radius 2 is 1.83 bits per heavy atom. The quantitative estimate of drug-likeness (QED) is 0.633. The highest BCUT2D eigenvalue weighted by Crippen LogP contribution is 2.29. The molecule has 0 aliphatic heterocycles. The first-order valence-electron chi connectivity index (χ1n) is 9.17. The summed E-state index contributed by atoms with van der Waals surface area (Å²) in [6.45, 7) is 4.43. The van der Waals surface area contributed by atoms with Gasteiger partial charge in [0.15, 0.2) is 0 Å². The molecule has 7 heteroatoms. The predicted octanol–water partition coefficient (Wildman–Crippen LogP) is 3.98. The molecule has 3 rings (SSSR count). The molecule has 2 N–H and O–H groups in total. The molecule has 0 saturated heterocycles. The average Bonchev–Trinajstić information content (AvgIpc) is 2.72. The number of carbonyl (C=O) groups excluding carboxylic acids is 1. The first-order valence-corrected chi connectivity index (χ1v) is 9.17. The Bertz CT molecular complexity index is 1020. The van der Waals surface area contributed by atoms with Gasteiger partial charge < -0.3 is 20.1 Å². The van der Waals surface area contributed by atoms with Gasteiger partial charge in [-0.1, -0.05) is 29.8 Å². The molecule has 0 aliphatic rings. The highest BCUT2D eigenvalue weighted by atomic mass is 16.5. The fourth-order valence-electron chi connectivity index (χ4n) is 2.87. The van der Waals surface area contributed by atoms with E-state index in [0.717, 1.165) is 5.56 Å². The highest BCUT2D eigenvalue weighted by molar-refractivity contribution is 6.04. The van der Waals surface area contributed by atoms with E-state index in [9.17, 15) is 4.79 Å². The van der Waals surface area contributed by atoms with Gasteiger partial charge in [-0.25, -0.2) is 9.97 Å². The van der Waals surface area contributed by atoms with Crippen LogP contribution in [0.1, 0.15) is 27.3 Å². The largest absolute Gasteiger partial charge is 0.497 e. The Balaban J connectivity index is 1.77. The standard InChI is InChI=1S/C22H24N4O3/c1-14-6-5-7-16(10-14)13-23-22-24-15(2)11-19(26-22)21(27)25-18-12-17(28-3)8-9-20(18)29-4/h5-12H,13H2,1-4H3,(H,25,27)(H,23,24,26). The number of ether oxygens (including phenoxy) is 2. The molecule has 3 aromatic rings. The Labute approximate surface area is 170 Å². The number of methoxy groups -OCH3 is 2. The third-order valence-corrected chi connectivity index (χ3v) is 4.27. The highest BCUT2D eigenvalue weighted by Gasteiger charge is 2.14. The van der Waals surface area contributed by atoms with Crippen LogP contribution in [0.3, 0.4) is 0 Å². The van der Waals surface area contributed by atoms with E-state index in [4.69, 9.17) is 9.47 Å². The zero-order chi connectivity index (χ0) is 20.8. The van der Waals surface area contributed by atoms with Crippen LogP contribution < -0.4 is 20.1 Å². The van der Waals surface area contributed by atoms with Gasteiger partial charge >= 0.3 is 0 Å². The van der Waals surface area contributed by atoms with E-state index in [1.807, 2.05) is 32.0 Å². The lowest BCUT2D eigenvalue weighted by Gasteiger charge is -2.12. The number of nitrogens with one attached hydrogen (secondary N) is 2. The van der Waals surface area contributed by atoms with Crippen LogP contribution in [0.2, 0.25) is 0 Å². The predicted molar refractivity (Wildman–Crippen MR) is 113 cm³/mol. The van der Waals surface area contributed by atoms with Gasteiger partial charge in [-0.15, -0.1) is 0 Å². The van der Waals surface area contributed by atoms with Crippen LogP contribution in [0.5, 0.6) is 11.5 Å². The summed E-state index contributed by atoms with van der Waals surface area (Å²) in [4.78, 5) is 21.5. The number of aryl methyl sites for hydroxylation is 2. The minimum Gasteiger partial charge on any atom is -0.497 e. The number of amides is 1. The van der Waals surface area contributed by atoms with Crippen LogP contribution in [0.15, 0.2) is 48.5 Å². The third-order valence-electron chi connectivity index (χ3n) is 4.27. The summed E-state index contributed by atoms with van der Waals surface area (Å²) in [5, 5.41) is 6.01. The van der Waals surface area contributed by atoms with Crippen LogP contribution in [0.4, 0.5) is 11.6 Å². The van der Waals surface area contributed by atoms with Crippen molar-refractivity contribution < 1.29 is 14.3 Å². The van der Waals surface area contributed by atoms with Gasteiger partial charge in [0.1, 0.15) is 17.2 Å². The number of carbonyl (C=O) groups is 1. The van der Waals surface area contributed by atoms with Crippen molar-refractivity contribution in [2.24, 2.45) is 0 Å². The maximum Gasteiger partial charge on any atom is 0.274 e. The van der Waals surface area contributed by atoms with E-state index in [0.29, 0.717) is 35.4 Å². The van der Waals surface area contributed by atoms with E-state index in [1.165, 1.54) is 5.56 Å². The van der Waals surface area contributed by atoms with Crippen LogP contribution in [0.25, 0.3) is 0 Å². The van der Waals surface area contributed by atoms with Gasteiger partial charge in [0.25, 0.3) is 5.91 Å². The zero-order valence-corrected chi connectivity index (χ0v) is 16.9. The average molecular weight is 392 g/mol. The van der Waals surface area contributed by atoms with Crippen molar-refractivity contribution in [3.8, 4) is 11.5 Å². The van der Waals surface area contributed by atoms with Crippen molar-refractivity contribution in [3.63, 3.8) is 0 Å². The zero-order valence-electron chi connectivity index (χ0n) is 16.9. The minimum absolute atomic E-state index is 0.258. The number of aromatic nitrogens is 2. The minimum atomic E-state index is -0.361. The van der Waals surface area contributed by atoms with Gasteiger partial charge in [0.05, 0.1) is 19.9 Å². The molecule has 7 nitrogen and oxygen atoms in total. The van der Waals surface area contributed by atoms with Gasteiger partial charge in [0.2, 0.25) is 5.95 Å². The lowest BCUT2D eigenvalue weighted by atomic mass is 10.1. The molecule has 0 unspecified atom stereocenters. The summed E-state index contributed by atoms with van der Waals surface area (Å²) in [6, 6.07) is 15.0. The van der Waals surface area contributed by atoms with Gasteiger partial charge in [-0.3, -0.25) is 4.79 Å². The monoisotopic (exact) mass is 392 g/mol. The van der Waals surface area contributed by atoms with Crippen molar-refractivity contribution in [1.82, 2.24) is 9.97 Å². The summed E-state index contributed by atoms with van der Waals surface area (Å²) in [7, 11) is 3.10. The molecule has 1 aromatic heterocycles. The molecule has 0 spiro atoms. The number of benzene rings is 2. The van der Waals surface area contributed by atoms with Gasteiger partial charge in [-0.2, -0.15) is 0 Å². The summed E-state index contributed by atoms with van der Waals surface area (Å²) in [6.07, 6.45) is 0. The van der Waals surface area contributed by atoms with E-state index in [2.05, 4.69) is 26.7 Å². The Morgan fingerprint density at radius 3 is 2.55 bits per heavy atom. The smallest absolute Gasteiger partial charge is 0.274 e. The SMILES string of the molecule is COc1ccc(OC)c(NC(=O)c2cc(C)nc(NCc3cccc(C)c3)n2)c1. The summed E-state index contributed by atoms with van der Waals surface area (Å²) < 4.78 is 10.5. The molecule has 0 aliphatic carbocycles. The van der Waals surface area contributed by atoms with E-state index in [1.54, 1.807) is 38.5 Å². The number of rotatable bonds is 7. The second-order valence-electron chi connectivity index (χ2n) is 6.58. The molecular formula is C22H24N4O3. The summed E-state index contributed by atoms with van der Waals surface area (Å²) in [5.41, 5.74) is 3.75.